The van der Waals surface area contributed by atoms with E-state index in [0.29, 0.717) is 10.2 Å². The first kappa shape index (κ1) is 17.0. The monoisotopic (exact) mass is 354 g/mol. The van der Waals surface area contributed by atoms with Crippen molar-refractivity contribution in [3.63, 3.8) is 0 Å². The van der Waals surface area contributed by atoms with Crippen LogP contribution in [0, 0.1) is 5.41 Å². The lowest BCUT2D eigenvalue weighted by molar-refractivity contribution is 0.285. The molecule has 0 bridgehead atoms. The van der Waals surface area contributed by atoms with E-state index < -0.39 is 0 Å². The van der Waals surface area contributed by atoms with Crippen molar-refractivity contribution in [1.29, 1.82) is 0 Å². The Hall–Kier alpha value is 0.960. The minimum absolute atomic E-state index is 0.530. The molecule has 0 N–H and O–H groups in total. The van der Waals surface area contributed by atoms with Gasteiger partial charge in [-0.25, -0.2) is 0 Å². The standard InChI is InChI=1S/C14H28Br2/c1-5-13(16)9-7-11-14(3,4)10-6-8-12(2)15/h12-13H,5-11H2,1-4H3. The molecule has 0 spiro atoms. The van der Waals surface area contributed by atoms with E-state index in [4.69, 9.17) is 0 Å². The lowest BCUT2D eigenvalue weighted by Crippen LogP contribution is -2.12. The Labute approximate surface area is 119 Å². The summed E-state index contributed by atoms with van der Waals surface area (Å²) in [5.74, 6) is 0. The van der Waals surface area contributed by atoms with E-state index >= 15 is 0 Å². The summed E-state index contributed by atoms with van der Waals surface area (Å²) in [5, 5.41) is 0. The van der Waals surface area contributed by atoms with Crippen molar-refractivity contribution in [3.05, 3.63) is 0 Å². The van der Waals surface area contributed by atoms with Crippen LogP contribution in [0.4, 0.5) is 0 Å². The van der Waals surface area contributed by atoms with Gasteiger partial charge in [0.05, 0.1) is 0 Å². The molecule has 0 saturated carbocycles. The highest BCUT2D eigenvalue weighted by Gasteiger charge is 2.17. The van der Waals surface area contributed by atoms with Gasteiger partial charge in [-0.15, -0.1) is 0 Å². The first-order chi connectivity index (χ1) is 7.37. The summed E-state index contributed by atoms with van der Waals surface area (Å²) in [6.45, 7) is 9.33. The molecule has 0 aliphatic rings. The summed E-state index contributed by atoms with van der Waals surface area (Å²) in [6, 6.07) is 0. The second-order valence-electron chi connectivity index (χ2n) is 5.73. The predicted octanol–water partition coefficient (Wildman–Crippen LogP) is 6.31. The van der Waals surface area contributed by atoms with Crippen LogP contribution in [-0.2, 0) is 0 Å². The van der Waals surface area contributed by atoms with E-state index in [9.17, 15) is 0 Å². The van der Waals surface area contributed by atoms with Gasteiger partial charge in [-0.1, -0.05) is 72.4 Å². The number of hydrogen-bond acceptors (Lipinski definition) is 0. The highest BCUT2D eigenvalue weighted by atomic mass is 79.9. The zero-order valence-electron chi connectivity index (χ0n) is 11.4. The molecule has 0 aromatic rings. The Bertz CT molecular complexity index is 164. The maximum atomic E-state index is 3.71. The van der Waals surface area contributed by atoms with Gasteiger partial charge in [0.25, 0.3) is 0 Å². The highest BCUT2D eigenvalue weighted by molar-refractivity contribution is 9.09. The van der Waals surface area contributed by atoms with Gasteiger partial charge >= 0.3 is 0 Å². The molecule has 0 saturated heterocycles. The average Bonchev–Trinajstić information content (AvgIpc) is 2.16. The summed E-state index contributed by atoms with van der Waals surface area (Å²) in [4.78, 5) is 1.40. The lowest BCUT2D eigenvalue weighted by Gasteiger charge is -2.25. The fourth-order valence-electron chi connectivity index (χ4n) is 1.99. The van der Waals surface area contributed by atoms with Gasteiger partial charge in [-0.05, 0) is 37.5 Å². The molecular formula is C14H28Br2. The maximum absolute atomic E-state index is 3.71. The van der Waals surface area contributed by atoms with Gasteiger partial charge in [0, 0.05) is 9.65 Å². The summed E-state index contributed by atoms with van der Waals surface area (Å²) < 4.78 is 0. The van der Waals surface area contributed by atoms with E-state index in [1.54, 1.807) is 0 Å². The van der Waals surface area contributed by atoms with Crippen molar-refractivity contribution >= 4 is 31.9 Å². The normalized spacial score (nSPS) is 16.1. The second-order valence-corrected chi connectivity index (χ2v) is 8.59. The molecule has 0 radical (unpaired) electrons. The largest absolute Gasteiger partial charge is 0.0894 e. The maximum Gasteiger partial charge on any atom is 0.0143 e. The minimum atomic E-state index is 0.530. The van der Waals surface area contributed by atoms with Crippen LogP contribution in [-0.4, -0.2) is 9.65 Å². The first-order valence-electron chi connectivity index (χ1n) is 6.65. The van der Waals surface area contributed by atoms with E-state index in [-0.39, 0.29) is 0 Å². The SMILES string of the molecule is CCC(Br)CCCC(C)(C)CCCC(C)Br. The molecule has 2 atom stereocenters. The van der Waals surface area contributed by atoms with Crippen molar-refractivity contribution < 1.29 is 0 Å². The molecule has 0 aliphatic carbocycles. The van der Waals surface area contributed by atoms with Crippen molar-refractivity contribution in [2.45, 2.75) is 82.3 Å². The van der Waals surface area contributed by atoms with Crippen LogP contribution in [0.1, 0.15) is 72.6 Å². The van der Waals surface area contributed by atoms with Gasteiger partial charge in [-0.2, -0.15) is 0 Å². The number of rotatable bonds is 9. The fraction of sp³-hybridized carbons (Fsp3) is 1.00. The molecule has 0 aromatic heterocycles. The van der Waals surface area contributed by atoms with Crippen LogP contribution >= 0.6 is 31.9 Å². The van der Waals surface area contributed by atoms with Crippen LogP contribution in [0.3, 0.4) is 0 Å². The first-order valence-corrected chi connectivity index (χ1v) is 8.48. The van der Waals surface area contributed by atoms with Gasteiger partial charge in [0.2, 0.25) is 0 Å². The highest BCUT2D eigenvalue weighted by Crippen LogP contribution is 2.31. The van der Waals surface area contributed by atoms with Crippen LogP contribution in [0.25, 0.3) is 0 Å². The predicted molar refractivity (Wildman–Crippen MR) is 82.9 cm³/mol. The Morgan fingerprint density at radius 2 is 1.50 bits per heavy atom. The molecule has 0 aliphatic heterocycles. The van der Waals surface area contributed by atoms with Gasteiger partial charge in [-0.3, -0.25) is 0 Å². The topological polar surface area (TPSA) is 0 Å². The van der Waals surface area contributed by atoms with Gasteiger partial charge in [0.15, 0.2) is 0 Å². The third-order valence-corrected chi connectivity index (χ3v) is 4.83. The molecule has 0 amide bonds. The summed E-state index contributed by atoms with van der Waals surface area (Å²) in [5.41, 5.74) is 0.530. The fourth-order valence-corrected chi connectivity index (χ4v) is 2.64. The zero-order valence-corrected chi connectivity index (χ0v) is 14.5. The molecule has 16 heavy (non-hydrogen) atoms. The van der Waals surface area contributed by atoms with Crippen molar-refractivity contribution in [3.8, 4) is 0 Å². The average molecular weight is 356 g/mol. The van der Waals surface area contributed by atoms with Gasteiger partial charge in [0.1, 0.15) is 0 Å². The Morgan fingerprint density at radius 1 is 1.00 bits per heavy atom. The molecular weight excluding hydrogens is 328 g/mol. The molecule has 98 valence electrons. The van der Waals surface area contributed by atoms with E-state index in [0.717, 1.165) is 4.83 Å². The minimum Gasteiger partial charge on any atom is -0.0894 e. The second kappa shape index (κ2) is 8.97. The van der Waals surface area contributed by atoms with Crippen LogP contribution in [0.2, 0.25) is 0 Å². The van der Waals surface area contributed by atoms with Crippen LogP contribution in [0.15, 0.2) is 0 Å². The lowest BCUT2D eigenvalue weighted by atomic mass is 9.82. The quantitative estimate of drug-likeness (QED) is 0.425. The summed E-state index contributed by atoms with van der Waals surface area (Å²) >= 11 is 7.33. The number of hydrogen-bond donors (Lipinski definition) is 0. The Balaban J connectivity index is 3.61. The third kappa shape index (κ3) is 10.1. The van der Waals surface area contributed by atoms with Gasteiger partial charge < -0.3 is 0 Å². The van der Waals surface area contributed by atoms with Crippen molar-refractivity contribution in [2.24, 2.45) is 5.41 Å². The van der Waals surface area contributed by atoms with Crippen LogP contribution in [0.5, 0.6) is 0 Å². The van der Waals surface area contributed by atoms with E-state index in [1.807, 2.05) is 0 Å². The van der Waals surface area contributed by atoms with E-state index in [1.165, 1.54) is 44.9 Å². The third-order valence-electron chi connectivity index (χ3n) is 3.27. The molecule has 2 heteroatoms. The molecule has 2 unspecified atom stereocenters. The molecule has 0 rings (SSSR count). The van der Waals surface area contributed by atoms with Crippen LogP contribution < -0.4 is 0 Å². The van der Waals surface area contributed by atoms with Crippen molar-refractivity contribution in [1.82, 2.24) is 0 Å². The Morgan fingerprint density at radius 3 is 1.94 bits per heavy atom. The number of alkyl halides is 2. The van der Waals surface area contributed by atoms with E-state index in [2.05, 4.69) is 59.6 Å². The summed E-state index contributed by atoms with van der Waals surface area (Å²) in [6.07, 6.45) is 9.33. The summed E-state index contributed by atoms with van der Waals surface area (Å²) in [7, 11) is 0. The zero-order chi connectivity index (χ0) is 12.6. The molecule has 0 aromatic carbocycles. The smallest absolute Gasteiger partial charge is 0.0143 e. The molecule has 0 nitrogen and oxygen atoms in total. The molecule has 0 fully saturated rings. The molecule has 0 heterocycles. The number of halogens is 2. The van der Waals surface area contributed by atoms with Crippen molar-refractivity contribution in [2.75, 3.05) is 0 Å². The Kier molecular flexibility index (Phi) is 9.50.